The van der Waals surface area contributed by atoms with Crippen LogP contribution in [-0.2, 0) is 0 Å². The largest absolute Gasteiger partial charge is 0.345 e. The Morgan fingerprint density at radius 3 is 2.43 bits per heavy atom. The topological polar surface area (TPSA) is 93.8 Å². The standard InChI is InChI=1S/C14H19N5OS.2ClH/c1-9(2)14(3,8-15)19-12(20)10-7-18-13(21-10)11-16-5-4-6-17-11;;/h4-7,9H,8,15H2,1-3H3,(H,19,20);2*1H. The van der Waals surface area contributed by atoms with Crippen LogP contribution in [0.1, 0.15) is 30.4 Å². The van der Waals surface area contributed by atoms with Crippen LogP contribution in [0.25, 0.3) is 10.8 Å². The van der Waals surface area contributed by atoms with Gasteiger partial charge in [0.05, 0.1) is 11.7 Å². The number of nitrogens with zero attached hydrogens (tertiary/aromatic N) is 3. The molecule has 0 aromatic carbocycles. The Hall–Kier alpha value is -1.28. The molecule has 0 radical (unpaired) electrons. The second-order valence-electron chi connectivity index (χ2n) is 5.33. The molecule has 1 atom stereocenters. The fourth-order valence-corrected chi connectivity index (χ4v) is 2.40. The quantitative estimate of drug-likeness (QED) is 0.834. The van der Waals surface area contributed by atoms with Gasteiger partial charge in [0.15, 0.2) is 10.8 Å². The third-order valence-electron chi connectivity index (χ3n) is 3.58. The van der Waals surface area contributed by atoms with Crippen molar-refractivity contribution in [3.8, 4) is 10.8 Å². The van der Waals surface area contributed by atoms with Gasteiger partial charge in [-0.2, -0.15) is 0 Å². The summed E-state index contributed by atoms with van der Waals surface area (Å²) in [6.07, 6.45) is 4.84. The zero-order chi connectivity index (χ0) is 15.5. The van der Waals surface area contributed by atoms with Crippen LogP contribution in [0.3, 0.4) is 0 Å². The van der Waals surface area contributed by atoms with Crippen molar-refractivity contribution in [3.05, 3.63) is 29.5 Å². The second-order valence-corrected chi connectivity index (χ2v) is 6.36. The Labute approximate surface area is 152 Å². The third kappa shape index (κ3) is 5.10. The lowest BCUT2D eigenvalue weighted by Crippen LogP contribution is -2.54. The van der Waals surface area contributed by atoms with Crippen molar-refractivity contribution in [2.75, 3.05) is 6.54 Å². The van der Waals surface area contributed by atoms with E-state index < -0.39 is 5.54 Å². The molecule has 0 aliphatic heterocycles. The molecule has 2 aromatic heterocycles. The molecule has 0 saturated carbocycles. The number of carbonyl (C=O) groups is 1. The molecule has 0 saturated heterocycles. The number of halogens is 2. The van der Waals surface area contributed by atoms with Crippen LogP contribution in [0.5, 0.6) is 0 Å². The number of carbonyl (C=O) groups excluding carboxylic acids is 1. The van der Waals surface area contributed by atoms with E-state index in [0.717, 1.165) is 0 Å². The van der Waals surface area contributed by atoms with Crippen molar-refractivity contribution in [1.82, 2.24) is 20.3 Å². The Balaban J connectivity index is 0.00000242. The molecule has 1 unspecified atom stereocenters. The highest BCUT2D eigenvalue weighted by Gasteiger charge is 2.29. The lowest BCUT2D eigenvalue weighted by Gasteiger charge is -2.33. The van der Waals surface area contributed by atoms with Crippen LogP contribution in [-0.4, -0.2) is 32.9 Å². The Bertz CT molecular complexity index is 623. The summed E-state index contributed by atoms with van der Waals surface area (Å²) in [5.74, 6) is 0.583. The van der Waals surface area contributed by atoms with Crippen molar-refractivity contribution in [2.45, 2.75) is 26.3 Å². The number of hydrogen-bond acceptors (Lipinski definition) is 6. The number of aromatic nitrogens is 3. The maximum Gasteiger partial charge on any atom is 0.263 e. The zero-order valence-corrected chi connectivity index (χ0v) is 15.6. The van der Waals surface area contributed by atoms with E-state index in [4.69, 9.17) is 5.73 Å². The molecule has 23 heavy (non-hydrogen) atoms. The van der Waals surface area contributed by atoms with Crippen molar-refractivity contribution in [3.63, 3.8) is 0 Å². The zero-order valence-electron chi connectivity index (χ0n) is 13.1. The van der Waals surface area contributed by atoms with Crippen LogP contribution < -0.4 is 11.1 Å². The van der Waals surface area contributed by atoms with Gasteiger partial charge >= 0.3 is 0 Å². The summed E-state index contributed by atoms with van der Waals surface area (Å²) in [6, 6.07) is 1.74. The van der Waals surface area contributed by atoms with Crippen LogP contribution in [0.2, 0.25) is 0 Å². The van der Waals surface area contributed by atoms with Crippen molar-refractivity contribution in [2.24, 2.45) is 11.7 Å². The summed E-state index contributed by atoms with van der Waals surface area (Å²) < 4.78 is 0. The predicted octanol–water partition coefficient (Wildman–Crippen LogP) is 2.55. The smallest absolute Gasteiger partial charge is 0.263 e. The van der Waals surface area contributed by atoms with Crippen molar-refractivity contribution in [1.29, 1.82) is 0 Å². The van der Waals surface area contributed by atoms with Gasteiger partial charge in [0, 0.05) is 18.9 Å². The first kappa shape index (κ1) is 21.7. The number of nitrogens with two attached hydrogens (primary N) is 1. The first-order chi connectivity index (χ1) is 9.96. The van der Waals surface area contributed by atoms with Crippen molar-refractivity contribution >= 4 is 42.1 Å². The average molecular weight is 378 g/mol. The van der Waals surface area contributed by atoms with E-state index in [2.05, 4.69) is 20.3 Å². The van der Waals surface area contributed by atoms with Gasteiger partial charge in [-0.3, -0.25) is 4.79 Å². The number of amides is 1. The molecule has 0 spiro atoms. The van der Waals surface area contributed by atoms with Gasteiger partial charge in [-0.05, 0) is 18.9 Å². The fourth-order valence-electron chi connectivity index (χ4n) is 1.64. The van der Waals surface area contributed by atoms with Gasteiger partial charge in [-0.1, -0.05) is 13.8 Å². The lowest BCUT2D eigenvalue weighted by molar-refractivity contribution is 0.0887. The summed E-state index contributed by atoms with van der Waals surface area (Å²) in [5.41, 5.74) is 5.34. The van der Waals surface area contributed by atoms with E-state index >= 15 is 0 Å². The highest BCUT2D eigenvalue weighted by Crippen LogP contribution is 2.23. The molecule has 2 heterocycles. The number of thiazole rings is 1. The molecule has 9 heteroatoms. The van der Waals surface area contributed by atoms with Gasteiger partial charge in [0.1, 0.15) is 4.88 Å². The van der Waals surface area contributed by atoms with Crippen molar-refractivity contribution < 1.29 is 4.79 Å². The molecular formula is C14H21Cl2N5OS. The SMILES string of the molecule is CC(C)C(C)(CN)NC(=O)c1cnc(-c2ncccn2)s1.Cl.Cl. The van der Waals surface area contributed by atoms with Gasteiger partial charge in [0.2, 0.25) is 0 Å². The van der Waals surface area contributed by atoms with E-state index in [-0.39, 0.29) is 36.6 Å². The van der Waals surface area contributed by atoms with Gasteiger partial charge in [-0.15, -0.1) is 36.2 Å². The first-order valence-corrected chi connectivity index (χ1v) is 7.53. The molecule has 0 aliphatic rings. The predicted molar refractivity (Wildman–Crippen MR) is 97.4 cm³/mol. The number of rotatable bonds is 5. The average Bonchev–Trinajstić information content (AvgIpc) is 2.97. The first-order valence-electron chi connectivity index (χ1n) is 6.72. The molecular weight excluding hydrogens is 357 g/mol. The summed E-state index contributed by atoms with van der Waals surface area (Å²) >= 11 is 1.27. The highest BCUT2D eigenvalue weighted by molar-refractivity contribution is 7.16. The minimum Gasteiger partial charge on any atom is -0.345 e. The molecule has 3 N–H and O–H groups in total. The normalized spacial score (nSPS) is 12.7. The molecule has 0 fully saturated rings. The molecule has 0 bridgehead atoms. The molecule has 6 nitrogen and oxygen atoms in total. The Kier molecular flexibility index (Phi) is 8.61. The number of hydrogen-bond donors (Lipinski definition) is 2. The van der Waals surface area contributed by atoms with E-state index in [1.54, 1.807) is 24.7 Å². The highest BCUT2D eigenvalue weighted by atomic mass is 35.5. The summed E-state index contributed by atoms with van der Waals surface area (Å²) in [4.78, 5) is 25.3. The number of nitrogens with one attached hydrogen (secondary N) is 1. The molecule has 2 aromatic rings. The summed E-state index contributed by atoms with van der Waals surface area (Å²) in [5, 5.41) is 3.61. The fraction of sp³-hybridized carbons (Fsp3) is 0.429. The minimum absolute atomic E-state index is 0. The second kappa shape index (κ2) is 9.12. The lowest BCUT2D eigenvalue weighted by atomic mass is 9.88. The molecule has 2 rings (SSSR count). The molecule has 0 aliphatic carbocycles. The summed E-state index contributed by atoms with van der Waals surface area (Å²) in [6.45, 7) is 6.38. The van der Waals surface area contributed by atoms with Gasteiger partial charge < -0.3 is 11.1 Å². The Morgan fingerprint density at radius 2 is 1.91 bits per heavy atom. The third-order valence-corrected chi connectivity index (χ3v) is 4.58. The molecule has 128 valence electrons. The van der Waals surface area contributed by atoms with Crippen LogP contribution in [0.4, 0.5) is 0 Å². The van der Waals surface area contributed by atoms with Crippen LogP contribution in [0.15, 0.2) is 24.7 Å². The minimum atomic E-state index is -0.440. The summed E-state index contributed by atoms with van der Waals surface area (Å²) in [7, 11) is 0. The Morgan fingerprint density at radius 1 is 1.30 bits per heavy atom. The molecule has 1 amide bonds. The van der Waals surface area contributed by atoms with E-state index in [9.17, 15) is 4.79 Å². The maximum atomic E-state index is 12.3. The van der Waals surface area contributed by atoms with E-state index in [1.807, 2.05) is 20.8 Å². The van der Waals surface area contributed by atoms with Crippen LogP contribution >= 0.6 is 36.2 Å². The van der Waals surface area contributed by atoms with Crippen LogP contribution in [0, 0.1) is 5.92 Å². The van der Waals surface area contributed by atoms with E-state index in [0.29, 0.717) is 22.3 Å². The van der Waals surface area contributed by atoms with Gasteiger partial charge in [0.25, 0.3) is 5.91 Å². The monoisotopic (exact) mass is 377 g/mol. The van der Waals surface area contributed by atoms with E-state index in [1.165, 1.54) is 11.3 Å². The van der Waals surface area contributed by atoms with Gasteiger partial charge in [-0.25, -0.2) is 15.0 Å². The maximum absolute atomic E-state index is 12.3.